The lowest BCUT2D eigenvalue weighted by atomic mass is 10.2. The molecule has 0 aliphatic carbocycles. The third-order valence-corrected chi connectivity index (χ3v) is 1.65. The lowest BCUT2D eigenvalue weighted by molar-refractivity contribution is 0.0604. The molecular formula is C11H18O3. The molecular weight excluding hydrogens is 180 g/mol. The van der Waals surface area contributed by atoms with Crippen molar-refractivity contribution >= 4 is 6.16 Å². The molecule has 0 amide bonds. The van der Waals surface area contributed by atoms with E-state index >= 15 is 0 Å². The second-order valence-corrected chi connectivity index (χ2v) is 2.99. The molecule has 0 rings (SSSR count). The van der Waals surface area contributed by atoms with E-state index in [0.29, 0.717) is 0 Å². The van der Waals surface area contributed by atoms with Gasteiger partial charge in [-0.05, 0) is 13.3 Å². The zero-order valence-electron chi connectivity index (χ0n) is 9.13. The SMILES string of the molecule is CCCCCC#CC(C)OC(=O)OC. The summed E-state index contributed by atoms with van der Waals surface area (Å²) in [5, 5.41) is 0. The van der Waals surface area contributed by atoms with Gasteiger partial charge in [-0.1, -0.05) is 31.6 Å². The monoisotopic (exact) mass is 198 g/mol. The van der Waals surface area contributed by atoms with Crippen LogP contribution in [0.25, 0.3) is 0 Å². The lowest BCUT2D eigenvalue weighted by Gasteiger charge is -2.04. The second-order valence-electron chi connectivity index (χ2n) is 2.99. The highest BCUT2D eigenvalue weighted by Gasteiger charge is 2.04. The number of unbranched alkanes of at least 4 members (excludes halogenated alkanes) is 3. The number of carbonyl (C=O) groups excluding carboxylic acids is 1. The molecule has 0 heterocycles. The minimum absolute atomic E-state index is 0.385. The summed E-state index contributed by atoms with van der Waals surface area (Å²) < 4.78 is 9.11. The summed E-state index contributed by atoms with van der Waals surface area (Å²) in [7, 11) is 1.28. The molecule has 0 aromatic rings. The van der Waals surface area contributed by atoms with Crippen molar-refractivity contribution in [3.05, 3.63) is 0 Å². The summed E-state index contributed by atoms with van der Waals surface area (Å²) in [4.78, 5) is 10.6. The van der Waals surface area contributed by atoms with Crippen LogP contribution in [0.2, 0.25) is 0 Å². The molecule has 0 aliphatic rings. The Hall–Kier alpha value is -1.17. The zero-order chi connectivity index (χ0) is 10.8. The van der Waals surface area contributed by atoms with Crippen LogP contribution in [0.3, 0.4) is 0 Å². The third-order valence-electron chi connectivity index (χ3n) is 1.65. The Balaban J connectivity index is 3.58. The molecule has 0 radical (unpaired) electrons. The first-order valence-electron chi connectivity index (χ1n) is 4.93. The second kappa shape index (κ2) is 8.43. The highest BCUT2D eigenvalue weighted by molar-refractivity contribution is 5.60. The van der Waals surface area contributed by atoms with Gasteiger partial charge in [0, 0.05) is 6.42 Å². The van der Waals surface area contributed by atoms with E-state index in [2.05, 4.69) is 23.5 Å². The zero-order valence-corrected chi connectivity index (χ0v) is 9.13. The Morgan fingerprint density at radius 3 is 2.71 bits per heavy atom. The Morgan fingerprint density at radius 2 is 2.14 bits per heavy atom. The standard InChI is InChI=1S/C11H18O3/c1-4-5-6-7-8-9-10(2)14-11(12)13-3/h10H,4-7H2,1-3H3. The molecule has 3 heteroatoms. The summed E-state index contributed by atoms with van der Waals surface area (Å²) in [5.74, 6) is 5.80. The van der Waals surface area contributed by atoms with Gasteiger partial charge in [-0.2, -0.15) is 0 Å². The highest BCUT2D eigenvalue weighted by atomic mass is 16.7. The van der Waals surface area contributed by atoms with Crippen LogP contribution in [-0.2, 0) is 9.47 Å². The number of hydrogen-bond donors (Lipinski definition) is 0. The first-order chi connectivity index (χ1) is 6.70. The van der Waals surface area contributed by atoms with Gasteiger partial charge in [0.2, 0.25) is 0 Å². The molecule has 0 saturated carbocycles. The van der Waals surface area contributed by atoms with Crippen molar-refractivity contribution < 1.29 is 14.3 Å². The number of ether oxygens (including phenoxy) is 2. The normalized spacial score (nSPS) is 11.1. The first-order valence-corrected chi connectivity index (χ1v) is 4.93. The van der Waals surface area contributed by atoms with Crippen LogP contribution >= 0.6 is 0 Å². The fourth-order valence-electron chi connectivity index (χ4n) is 0.901. The third kappa shape index (κ3) is 7.48. The van der Waals surface area contributed by atoms with Crippen LogP contribution in [-0.4, -0.2) is 19.4 Å². The average Bonchev–Trinajstić information content (AvgIpc) is 2.17. The summed E-state index contributed by atoms with van der Waals surface area (Å²) >= 11 is 0. The fraction of sp³-hybridized carbons (Fsp3) is 0.727. The Morgan fingerprint density at radius 1 is 1.43 bits per heavy atom. The summed E-state index contributed by atoms with van der Waals surface area (Å²) in [6.45, 7) is 3.88. The van der Waals surface area contributed by atoms with Crippen LogP contribution in [0.1, 0.15) is 39.5 Å². The average molecular weight is 198 g/mol. The maximum atomic E-state index is 10.6. The summed E-state index contributed by atoms with van der Waals surface area (Å²) in [6, 6.07) is 0. The molecule has 1 unspecified atom stereocenters. The molecule has 0 bridgehead atoms. The quantitative estimate of drug-likeness (QED) is 0.396. The van der Waals surface area contributed by atoms with Crippen molar-refractivity contribution in [2.45, 2.75) is 45.6 Å². The van der Waals surface area contributed by atoms with Crippen molar-refractivity contribution in [3.63, 3.8) is 0 Å². The van der Waals surface area contributed by atoms with Crippen LogP contribution < -0.4 is 0 Å². The van der Waals surface area contributed by atoms with E-state index in [1.165, 1.54) is 20.0 Å². The van der Waals surface area contributed by atoms with Crippen LogP contribution in [0.4, 0.5) is 4.79 Å². The van der Waals surface area contributed by atoms with Gasteiger partial charge < -0.3 is 9.47 Å². The number of methoxy groups -OCH3 is 1. The van der Waals surface area contributed by atoms with E-state index in [1.54, 1.807) is 6.92 Å². The lowest BCUT2D eigenvalue weighted by Crippen LogP contribution is -2.12. The highest BCUT2D eigenvalue weighted by Crippen LogP contribution is 1.97. The first kappa shape index (κ1) is 12.8. The molecule has 1 atom stereocenters. The van der Waals surface area contributed by atoms with Crippen LogP contribution in [0.15, 0.2) is 0 Å². The molecule has 0 aromatic carbocycles. The van der Waals surface area contributed by atoms with E-state index in [-0.39, 0.29) is 6.10 Å². The van der Waals surface area contributed by atoms with E-state index in [4.69, 9.17) is 4.74 Å². The van der Waals surface area contributed by atoms with Crippen molar-refractivity contribution in [2.24, 2.45) is 0 Å². The molecule has 0 fully saturated rings. The van der Waals surface area contributed by atoms with Gasteiger partial charge in [-0.15, -0.1) is 0 Å². The van der Waals surface area contributed by atoms with E-state index in [9.17, 15) is 4.79 Å². The molecule has 0 saturated heterocycles. The predicted octanol–water partition coefficient (Wildman–Crippen LogP) is 2.74. The van der Waals surface area contributed by atoms with Crippen LogP contribution in [0.5, 0.6) is 0 Å². The molecule has 0 N–H and O–H groups in total. The Kier molecular flexibility index (Phi) is 7.72. The van der Waals surface area contributed by atoms with Gasteiger partial charge in [0.25, 0.3) is 0 Å². The minimum Gasteiger partial charge on any atom is -0.438 e. The van der Waals surface area contributed by atoms with E-state index in [0.717, 1.165) is 12.8 Å². The van der Waals surface area contributed by atoms with Crippen molar-refractivity contribution in [3.8, 4) is 11.8 Å². The fourth-order valence-corrected chi connectivity index (χ4v) is 0.901. The van der Waals surface area contributed by atoms with Gasteiger partial charge in [0.1, 0.15) is 0 Å². The Bertz CT molecular complexity index is 212. The van der Waals surface area contributed by atoms with Gasteiger partial charge >= 0.3 is 6.16 Å². The molecule has 3 nitrogen and oxygen atoms in total. The molecule has 80 valence electrons. The predicted molar refractivity (Wildman–Crippen MR) is 54.9 cm³/mol. The maximum Gasteiger partial charge on any atom is 0.509 e. The van der Waals surface area contributed by atoms with Crippen molar-refractivity contribution in [2.75, 3.05) is 7.11 Å². The molecule has 14 heavy (non-hydrogen) atoms. The van der Waals surface area contributed by atoms with Crippen LogP contribution in [0, 0.1) is 11.8 Å². The van der Waals surface area contributed by atoms with Gasteiger partial charge in [0.05, 0.1) is 7.11 Å². The van der Waals surface area contributed by atoms with Gasteiger partial charge in [-0.25, -0.2) is 4.79 Å². The number of carbonyl (C=O) groups is 1. The summed E-state index contributed by atoms with van der Waals surface area (Å²) in [5.41, 5.74) is 0. The summed E-state index contributed by atoms with van der Waals surface area (Å²) in [6.07, 6.45) is 3.29. The molecule has 0 spiro atoms. The minimum atomic E-state index is -0.680. The van der Waals surface area contributed by atoms with E-state index in [1.807, 2.05) is 0 Å². The van der Waals surface area contributed by atoms with Gasteiger partial charge in [0.15, 0.2) is 6.10 Å². The van der Waals surface area contributed by atoms with Crippen molar-refractivity contribution in [1.82, 2.24) is 0 Å². The largest absolute Gasteiger partial charge is 0.509 e. The topological polar surface area (TPSA) is 35.5 Å². The molecule has 0 aromatic heterocycles. The maximum absolute atomic E-state index is 10.6. The Labute approximate surface area is 85.8 Å². The number of hydrogen-bond acceptors (Lipinski definition) is 3. The smallest absolute Gasteiger partial charge is 0.438 e. The van der Waals surface area contributed by atoms with Crippen molar-refractivity contribution in [1.29, 1.82) is 0 Å². The number of rotatable bonds is 4. The van der Waals surface area contributed by atoms with E-state index < -0.39 is 6.16 Å². The van der Waals surface area contributed by atoms with Gasteiger partial charge in [-0.3, -0.25) is 0 Å². The molecule has 0 aliphatic heterocycles.